The lowest BCUT2D eigenvalue weighted by atomic mass is 10.1. The molecule has 1 fully saturated rings. The SMILES string of the molecule is Cc1cccc(NS(=O)(=O)c2ccc(C(=O)N3CCNC[C@H]3C)cc2)c1C. The van der Waals surface area contributed by atoms with Crippen LogP contribution in [0, 0.1) is 13.8 Å². The van der Waals surface area contributed by atoms with Crippen molar-refractivity contribution in [2.75, 3.05) is 24.4 Å². The van der Waals surface area contributed by atoms with Crippen LogP contribution in [0.25, 0.3) is 0 Å². The fraction of sp³-hybridized carbons (Fsp3) is 0.350. The quantitative estimate of drug-likeness (QED) is 0.845. The van der Waals surface area contributed by atoms with Crippen LogP contribution in [0.2, 0.25) is 0 Å². The molecule has 7 heteroatoms. The molecule has 0 spiro atoms. The Morgan fingerprint density at radius 3 is 2.52 bits per heavy atom. The van der Waals surface area contributed by atoms with Crippen LogP contribution in [0.5, 0.6) is 0 Å². The molecule has 0 aliphatic carbocycles. The van der Waals surface area contributed by atoms with Gasteiger partial charge in [-0.3, -0.25) is 9.52 Å². The van der Waals surface area contributed by atoms with E-state index in [0.29, 0.717) is 17.8 Å². The highest BCUT2D eigenvalue weighted by molar-refractivity contribution is 7.92. The number of sulfonamides is 1. The first-order chi connectivity index (χ1) is 12.8. The third-order valence-corrected chi connectivity index (χ3v) is 6.40. The Hall–Kier alpha value is -2.38. The summed E-state index contributed by atoms with van der Waals surface area (Å²) in [6.07, 6.45) is 0. The first kappa shape index (κ1) is 19.4. The molecule has 1 saturated heterocycles. The summed E-state index contributed by atoms with van der Waals surface area (Å²) in [5, 5.41) is 3.25. The highest BCUT2D eigenvalue weighted by Gasteiger charge is 2.24. The van der Waals surface area contributed by atoms with Gasteiger partial charge in [0, 0.05) is 31.2 Å². The molecule has 2 aromatic carbocycles. The number of nitrogens with zero attached hydrogens (tertiary/aromatic N) is 1. The number of hydrogen-bond donors (Lipinski definition) is 2. The maximum absolute atomic E-state index is 12.7. The van der Waals surface area contributed by atoms with Gasteiger partial charge in [0.05, 0.1) is 10.6 Å². The molecule has 144 valence electrons. The monoisotopic (exact) mass is 387 g/mol. The van der Waals surface area contributed by atoms with Crippen molar-refractivity contribution < 1.29 is 13.2 Å². The smallest absolute Gasteiger partial charge is 0.261 e. The summed E-state index contributed by atoms with van der Waals surface area (Å²) < 4.78 is 28.0. The molecule has 1 heterocycles. The van der Waals surface area contributed by atoms with Gasteiger partial charge in [0.15, 0.2) is 0 Å². The summed E-state index contributed by atoms with van der Waals surface area (Å²) in [6.45, 7) is 7.99. The molecule has 0 saturated carbocycles. The zero-order chi connectivity index (χ0) is 19.6. The molecule has 0 unspecified atom stereocenters. The molecule has 0 radical (unpaired) electrons. The van der Waals surface area contributed by atoms with Crippen molar-refractivity contribution in [3.63, 3.8) is 0 Å². The Bertz CT molecular complexity index is 939. The number of carbonyl (C=O) groups is 1. The van der Waals surface area contributed by atoms with Gasteiger partial charge in [-0.25, -0.2) is 8.42 Å². The fourth-order valence-corrected chi connectivity index (χ4v) is 4.27. The Morgan fingerprint density at radius 2 is 1.85 bits per heavy atom. The van der Waals surface area contributed by atoms with Crippen molar-refractivity contribution in [3.05, 3.63) is 59.2 Å². The number of hydrogen-bond acceptors (Lipinski definition) is 4. The fourth-order valence-electron chi connectivity index (χ4n) is 3.15. The molecule has 27 heavy (non-hydrogen) atoms. The summed E-state index contributed by atoms with van der Waals surface area (Å²) in [5.41, 5.74) is 2.96. The molecular weight excluding hydrogens is 362 g/mol. The molecule has 0 bridgehead atoms. The Balaban J connectivity index is 1.79. The third-order valence-electron chi connectivity index (χ3n) is 5.02. The van der Waals surface area contributed by atoms with Gasteiger partial charge >= 0.3 is 0 Å². The Kier molecular flexibility index (Phi) is 5.53. The van der Waals surface area contributed by atoms with Crippen molar-refractivity contribution in [2.24, 2.45) is 0 Å². The van der Waals surface area contributed by atoms with E-state index in [0.717, 1.165) is 24.2 Å². The minimum atomic E-state index is -3.72. The number of piperazine rings is 1. The second kappa shape index (κ2) is 7.70. The zero-order valence-electron chi connectivity index (χ0n) is 15.8. The molecule has 1 aliphatic rings. The van der Waals surface area contributed by atoms with Gasteiger partial charge < -0.3 is 10.2 Å². The normalized spacial score (nSPS) is 17.6. The number of rotatable bonds is 4. The summed E-state index contributed by atoms with van der Waals surface area (Å²) in [6, 6.07) is 11.7. The topological polar surface area (TPSA) is 78.5 Å². The van der Waals surface area contributed by atoms with E-state index in [2.05, 4.69) is 10.0 Å². The van der Waals surface area contributed by atoms with Crippen LogP contribution in [-0.4, -0.2) is 44.9 Å². The third kappa shape index (κ3) is 4.14. The number of amides is 1. The van der Waals surface area contributed by atoms with E-state index in [-0.39, 0.29) is 16.8 Å². The molecule has 3 rings (SSSR count). The van der Waals surface area contributed by atoms with Crippen LogP contribution < -0.4 is 10.0 Å². The summed E-state index contributed by atoms with van der Waals surface area (Å²) in [5.74, 6) is -0.0737. The average Bonchev–Trinajstić information content (AvgIpc) is 2.65. The van der Waals surface area contributed by atoms with Gasteiger partial charge in [0.1, 0.15) is 0 Å². The van der Waals surface area contributed by atoms with E-state index in [1.807, 2.05) is 37.8 Å². The predicted octanol–water partition coefficient (Wildman–Crippen LogP) is 2.54. The standard InChI is InChI=1S/C20H25N3O3S/c1-14-5-4-6-19(16(14)3)22-27(25,26)18-9-7-17(8-10-18)20(24)23-12-11-21-13-15(23)2/h4-10,15,21-22H,11-13H2,1-3H3/t15-/m1/s1. The first-order valence-corrected chi connectivity index (χ1v) is 10.5. The van der Waals surface area contributed by atoms with Crippen LogP contribution in [0.1, 0.15) is 28.4 Å². The molecule has 6 nitrogen and oxygen atoms in total. The molecule has 1 amide bonds. The van der Waals surface area contributed by atoms with Gasteiger partial charge in [-0.05, 0) is 62.2 Å². The van der Waals surface area contributed by atoms with Crippen LogP contribution >= 0.6 is 0 Å². The molecule has 2 N–H and O–H groups in total. The van der Waals surface area contributed by atoms with Gasteiger partial charge in [0.2, 0.25) is 0 Å². The Morgan fingerprint density at radius 1 is 1.15 bits per heavy atom. The van der Waals surface area contributed by atoms with Gasteiger partial charge in [0.25, 0.3) is 15.9 Å². The number of carbonyl (C=O) groups excluding carboxylic acids is 1. The highest BCUT2D eigenvalue weighted by Crippen LogP contribution is 2.22. The first-order valence-electron chi connectivity index (χ1n) is 9.00. The lowest BCUT2D eigenvalue weighted by Gasteiger charge is -2.34. The number of aryl methyl sites for hydroxylation is 1. The maximum atomic E-state index is 12.7. The second-order valence-corrected chi connectivity index (χ2v) is 8.61. The van der Waals surface area contributed by atoms with Crippen molar-refractivity contribution in [2.45, 2.75) is 31.7 Å². The number of nitrogens with one attached hydrogen (secondary N) is 2. The lowest BCUT2D eigenvalue weighted by molar-refractivity contribution is 0.0655. The molecular formula is C20H25N3O3S. The second-order valence-electron chi connectivity index (χ2n) is 6.93. The van der Waals surface area contributed by atoms with Crippen molar-refractivity contribution >= 4 is 21.6 Å². The van der Waals surface area contributed by atoms with E-state index >= 15 is 0 Å². The minimum Gasteiger partial charge on any atom is -0.333 e. The van der Waals surface area contributed by atoms with E-state index in [9.17, 15) is 13.2 Å². The molecule has 0 aromatic heterocycles. The van der Waals surface area contributed by atoms with Crippen LogP contribution in [0.15, 0.2) is 47.4 Å². The minimum absolute atomic E-state index is 0.0737. The van der Waals surface area contributed by atoms with E-state index in [1.54, 1.807) is 18.2 Å². The number of benzene rings is 2. The van der Waals surface area contributed by atoms with Gasteiger partial charge in [-0.15, -0.1) is 0 Å². The predicted molar refractivity (Wildman–Crippen MR) is 107 cm³/mol. The van der Waals surface area contributed by atoms with Crippen LogP contribution in [0.3, 0.4) is 0 Å². The molecule has 2 aromatic rings. The Labute approximate surface area is 160 Å². The summed E-state index contributed by atoms with van der Waals surface area (Å²) >= 11 is 0. The van der Waals surface area contributed by atoms with Crippen LogP contribution in [0.4, 0.5) is 5.69 Å². The highest BCUT2D eigenvalue weighted by atomic mass is 32.2. The van der Waals surface area contributed by atoms with E-state index < -0.39 is 10.0 Å². The van der Waals surface area contributed by atoms with E-state index in [4.69, 9.17) is 0 Å². The van der Waals surface area contributed by atoms with Crippen LogP contribution in [-0.2, 0) is 10.0 Å². The van der Waals surface area contributed by atoms with E-state index in [1.165, 1.54) is 12.1 Å². The van der Waals surface area contributed by atoms with Gasteiger partial charge in [-0.1, -0.05) is 12.1 Å². The van der Waals surface area contributed by atoms with Crippen molar-refractivity contribution in [3.8, 4) is 0 Å². The van der Waals surface area contributed by atoms with Gasteiger partial charge in [-0.2, -0.15) is 0 Å². The average molecular weight is 388 g/mol. The van der Waals surface area contributed by atoms with Crippen molar-refractivity contribution in [1.29, 1.82) is 0 Å². The molecule has 1 atom stereocenters. The maximum Gasteiger partial charge on any atom is 0.261 e. The largest absolute Gasteiger partial charge is 0.333 e. The lowest BCUT2D eigenvalue weighted by Crippen LogP contribution is -2.52. The van der Waals surface area contributed by atoms with Crippen molar-refractivity contribution in [1.82, 2.24) is 10.2 Å². The summed E-state index contributed by atoms with van der Waals surface area (Å²) in [4.78, 5) is 14.6. The zero-order valence-corrected chi connectivity index (χ0v) is 16.6. The molecule has 1 aliphatic heterocycles. The summed E-state index contributed by atoms with van der Waals surface area (Å²) in [7, 11) is -3.72. The number of anilines is 1.